The van der Waals surface area contributed by atoms with E-state index in [0.717, 1.165) is 0 Å². The van der Waals surface area contributed by atoms with Crippen molar-refractivity contribution in [3.63, 3.8) is 0 Å². The van der Waals surface area contributed by atoms with Gasteiger partial charge in [0.2, 0.25) is 0 Å². The number of anilines is 2. The molecular formula is C13H10BrN3O4. The largest absolute Gasteiger partial charge is 0.505 e. The standard InChI is InChI=1S/C13H10BrN3O4/c14-7-4-5-8(9(15)6-7)13(19)16-12-10(17(20)21)2-1-3-11(12)18/h1-6,18H,15H2,(H,16,19). The highest BCUT2D eigenvalue weighted by atomic mass is 79.9. The molecule has 4 N–H and O–H groups in total. The Kier molecular flexibility index (Phi) is 4.08. The lowest BCUT2D eigenvalue weighted by molar-refractivity contribution is -0.384. The third-order valence-electron chi connectivity index (χ3n) is 2.71. The van der Waals surface area contributed by atoms with E-state index in [4.69, 9.17) is 5.73 Å². The lowest BCUT2D eigenvalue weighted by atomic mass is 10.1. The van der Waals surface area contributed by atoms with Crippen LogP contribution in [0.4, 0.5) is 17.1 Å². The van der Waals surface area contributed by atoms with Crippen molar-refractivity contribution < 1.29 is 14.8 Å². The Morgan fingerprint density at radius 3 is 2.67 bits per heavy atom. The van der Waals surface area contributed by atoms with E-state index in [1.165, 1.54) is 30.3 Å². The minimum absolute atomic E-state index is 0.149. The van der Waals surface area contributed by atoms with Crippen molar-refractivity contribution >= 4 is 38.9 Å². The molecule has 0 unspecified atom stereocenters. The van der Waals surface area contributed by atoms with E-state index in [0.29, 0.717) is 4.47 Å². The van der Waals surface area contributed by atoms with Crippen molar-refractivity contribution in [1.29, 1.82) is 0 Å². The second kappa shape index (κ2) is 5.80. The number of nitrogens with one attached hydrogen (secondary N) is 1. The third kappa shape index (κ3) is 3.11. The van der Waals surface area contributed by atoms with Crippen molar-refractivity contribution in [1.82, 2.24) is 0 Å². The second-order valence-electron chi connectivity index (χ2n) is 4.11. The number of nitrogen functional groups attached to an aromatic ring is 1. The summed E-state index contributed by atoms with van der Waals surface area (Å²) in [6.45, 7) is 0. The summed E-state index contributed by atoms with van der Waals surface area (Å²) in [6.07, 6.45) is 0. The zero-order valence-corrected chi connectivity index (χ0v) is 12.1. The Morgan fingerprint density at radius 2 is 2.05 bits per heavy atom. The SMILES string of the molecule is Nc1cc(Br)ccc1C(=O)Nc1c(O)cccc1[N+](=O)[O-]. The molecule has 2 rings (SSSR count). The van der Waals surface area contributed by atoms with E-state index < -0.39 is 22.3 Å². The first-order valence-corrected chi connectivity index (χ1v) is 6.52. The monoisotopic (exact) mass is 351 g/mol. The summed E-state index contributed by atoms with van der Waals surface area (Å²) in [5.74, 6) is -1.04. The van der Waals surface area contributed by atoms with Gasteiger partial charge in [0.05, 0.1) is 10.5 Å². The van der Waals surface area contributed by atoms with Crippen LogP contribution in [0.25, 0.3) is 0 Å². The maximum atomic E-state index is 12.1. The quantitative estimate of drug-likeness (QED) is 0.340. The molecule has 108 valence electrons. The van der Waals surface area contributed by atoms with E-state index in [1.54, 1.807) is 6.07 Å². The van der Waals surface area contributed by atoms with E-state index in [1.807, 2.05) is 0 Å². The number of carbonyl (C=O) groups excluding carboxylic acids is 1. The van der Waals surface area contributed by atoms with Gasteiger partial charge in [-0.1, -0.05) is 22.0 Å². The number of amides is 1. The molecule has 0 radical (unpaired) electrons. The van der Waals surface area contributed by atoms with Gasteiger partial charge in [0.25, 0.3) is 11.6 Å². The summed E-state index contributed by atoms with van der Waals surface area (Å²) in [4.78, 5) is 22.4. The van der Waals surface area contributed by atoms with Crippen molar-refractivity contribution in [2.75, 3.05) is 11.1 Å². The van der Waals surface area contributed by atoms with Crippen LogP contribution >= 0.6 is 15.9 Å². The van der Waals surface area contributed by atoms with Crippen LogP contribution < -0.4 is 11.1 Å². The van der Waals surface area contributed by atoms with E-state index >= 15 is 0 Å². The molecule has 0 aliphatic heterocycles. The number of hydrogen-bond acceptors (Lipinski definition) is 5. The fraction of sp³-hybridized carbons (Fsp3) is 0. The summed E-state index contributed by atoms with van der Waals surface area (Å²) >= 11 is 3.21. The molecule has 0 aliphatic carbocycles. The molecule has 21 heavy (non-hydrogen) atoms. The molecule has 2 aromatic carbocycles. The molecule has 0 saturated heterocycles. The van der Waals surface area contributed by atoms with Gasteiger partial charge in [-0.3, -0.25) is 14.9 Å². The molecule has 0 bridgehead atoms. The number of carbonyl (C=O) groups is 1. The number of nitrogens with zero attached hydrogens (tertiary/aromatic N) is 1. The number of rotatable bonds is 3. The van der Waals surface area contributed by atoms with Gasteiger partial charge in [0, 0.05) is 16.2 Å². The average Bonchev–Trinajstić information content (AvgIpc) is 2.40. The summed E-state index contributed by atoms with van der Waals surface area (Å²) in [7, 11) is 0. The third-order valence-corrected chi connectivity index (χ3v) is 3.21. The van der Waals surface area contributed by atoms with Gasteiger partial charge in [-0.2, -0.15) is 0 Å². The highest BCUT2D eigenvalue weighted by molar-refractivity contribution is 9.10. The topological polar surface area (TPSA) is 118 Å². The molecule has 0 fully saturated rings. The van der Waals surface area contributed by atoms with Crippen LogP contribution in [0.3, 0.4) is 0 Å². The Hall–Kier alpha value is -2.61. The molecule has 1 amide bonds. The number of para-hydroxylation sites is 1. The Labute approximate surface area is 127 Å². The van der Waals surface area contributed by atoms with Crippen LogP contribution in [0, 0.1) is 10.1 Å². The average molecular weight is 352 g/mol. The van der Waals surface area contributed by atoms with Gasteiger partial charge >= 0.3 is 0 Å². The predicted octanol–water partition coefficient (Wildman–Crippen LogP) is 2.90. The molecule has 0 spiro atoms. The summed E-state index contributed by atoms with van der Waals surface area (Å²) < 4.78 is 0.699. The van der Waals surface area contributed by atoms with Crippen LogP contribution in [-0.2, 0) is 0 Å². The molecule has 0 aliphatic rings. The molecule has 2 aromatic rings. The maximum Gasteiger partial charge on any atom is 0.296 e. The first-order chi connectivity index (χ1) is 9.90. The van der Waals surface area contributed by atoms with Crippen LogP contribution in [0.2, 0.25) is 0 Å². The number of aromatic hydroxyl groups is 1. The van der Waals surface area contributed by atoms with Gasteiger partial charge in [-0.05, 0) is 24.3 Å². The summed E-state index contributed by atoms with van der Waals surface area (Å²) in [6, 6.07) is 8.37. The molecular weight excluding hydrogens is 342 g/mol. The Balaban J connectivity index is 2.38. The minimum Gasteiger partial charge on any atom is -0.505 e. The van der Waals surface area contributed by atoms with Crippen molar-refractivity contribution in [2.24, 2.45) is 0 Å². The van der Waals surface area contributed by atoms with Gasteiger partial charge in [0.1, 0.15) is 5.75 Å². The van der Waals surface area contributed by atoms with Crippen LogP contribution in [0.1, 0.15) is 10.4 Å². The van der Waals surface area contributed by atoms with Crippen LogP contribution in [-0.4, -0.2) is 15.9 Å². The normalized spacial score (nSPS) is 10.1. The number of phenols is 1. The first-order valence-electron chi connectivity index (χ1n) is 5.73. The maximum absolute atomic E-state index is 12.1. The Bertz CT molecular complexity index is 733. The van der Waals surface area contributed by atoms with Crippen LogP contribution in [0.15, 0.2) is 40.9 Å². The Morgan fingerprint density at radius 1 is 1.33 bits per heavy atom. The fourth-order valence-electron chi connectivity index (χ4n) is 1.73. The molecule has 0 atom stereocenters. The molecule has 0 saturated carbocycles. The van der Waals surface area contributed by atoms with Gasteiger partial charge in [0.15, 0.2) is 5.69 Å². The lowest BCUT2D eigenvalue weighted by Gasteiger charge is -2.09. The zero-order valence-electron chi connectivity index (χ0n) is 10.5. The highest BCUT2D eigenvalue weighted by Gasteiger charge is 2.21. The number of nitro groups is 1. The fourth-order valence-corrected chi connectivity index (χ4v) is 2.11. The second-order valence-corrected chi connectivity index (χ2v) is 5.03. The van der Waals surface area contributed by atoms with Crippen LogP contribution in [0.5, 0.6) is 5.75 Å². The van der Waals surface area contributed by atoms with Gasteiger partial charge < -0.3 is 16.2 Å². The minimum atomic E-state index is -0.694. The number of nitrogens with two attached hydrogens (primary N) is 1. The number of halogens is 1. The first kappa shape index (κ1) is 14.8. The molecule has 8 heteroatoms. The van der Waals surface area contributed by atoms with Crippen molar-refractivity contribution in [3.05, 3.63) is 56.5 Å². The number of phenolic OH excluding ortho intramolecular Hbond substituents is 1. The van der Waals surface area contributed by atoms with Gasteiger partial charge in [-0.15, -0.1) is 0 Å². The van der Waals surface area contributed by atoms with E-state index in [-0.39, 0.29) is 16.9 Å². The number of hydrogen-bond donors (Lipinski definition) is 3. The summed E-state index contributed by atoms with van der Waals surface area (Å²) in [5.41, 5.74) is 5.41. The van der Waals surface area contributed by atoms with Gasteiger partial charge in [-0.25, -0.2) is 0 Å². The van der Waals surface area contributed by atoms with Crippen molar-refractivity contribution in [2.45, 2.75) is 0 Å². The van der Waals surface area contributed by atoms with Crippen molar-refractivity contribution in [3.8, 4) is 5.75 Å². The smallest absolute Gasteiger partial charge is 0.296 e. The van der Waals surface area contributed by atoms with E-state index in [2.05, 4.69) is 21.2 Å². The molecule has 0 heterocycles. The molecule has 7 nitrogen and oxygen atoms in total. The highest BCUT2D eigenvalue weighted by Crippen LogP contribution is 2.33. The molecule has 0 aromatic heterocycles. The zero-order chi connectivity index (χ0) is 15.6. The van der Waals surface area contributed by atoms with E-state index in [9.17, 15) is 20.0 Å². The number of nitro benzene ring substituents is 1. The summed E-state index contributed by atoms with van der Waals surface area (Å²) in [5, 5.41) is 22.9. The lowest BCUT2D eigenvalue weighted by Crippen LogP contribution is -2.15. The predicted molar refractivity (Wildman–Crippen MR) is 81.3 cm³/mol. The number of benzene rings is 2.